The van der Waals surface area contributed by atoms with Crippen LogP contribution in [-0.2, 0) is 11.3 Å². The van der Waals surface area contributed by atoms with Gasteiger partial charge in [0.25, 0.3) is 0 Å². The van der Waals surface area contributed by atoms with E-state index in [2.05, 4.69) is 24.1 Å². The van der Waals surface area contributed by atoms with Crippen LogP contribution in [0.3, 0.4) is 0 Å². The second kappa shape index (κ2) is 7.45. The van der Waals surface area contributed by atoms with E-state index in [4.69, 9.17) is 16.2 Å². The minimum Gasteiger partial charge on any atom is -0.374 e. The van der Waals surface area contributed by atoms with Crippen LogP contribution in [0.2, 0.25) is 0 Å². The molecule has 0 aromatic heterocycles. The van der Waals surface area contributed by atoms with Gasteiger partial charge in [-0.15, -0.1) is 5.10 Å². The monoisotopic (exact) mass is 248 g/mol. The van der Waals surface area contributed by atoms with Gasteiger partial charge in [0.05, 0.1) is 18.9 Å². The first-order chi connectivity index (χ1) is 8.63. The summed E-state index contributed by atoms with van der Waals surface area (Å²) in [7, 11) is 0. The highest BCUT2D eigenvalue weighted by molar-refractivity contribution is 5.83. The third-order valence-corrected chi connectivity index (χ3v) is 2.52. The Morgan fingerprint density at radius 3 is 2.78 bits per heavy atom. The van der Waals surface area contributed by atoms with Gasteiger partial charge < -0.3 is 16.2 Å². The summed E-state index contributed by atoms with van der Waals surface area (Å²) in [6, 6.07) is 7.84. The molecule has 0 spiro atoms. The van der Waals surface area contributed by atoms with Crippen LogP contribution in [0.1, 0.15) is 31.4 Å². The summed E-state index contributed by atoms with van der Waals surface area (Å²) < 4.78 is 5.70. The van der Waals surface area contributed by atoms with Gasteiger partial charge in [-0.3, -0.25) is 0 Å². The molecule has 0 saturated carbocycles. The highest BCUT2D eigenvalue weighted by Gasteiger charge is 2.02. The molecule has 1 atom stereocenters. The number of hydrogen-bond acceptors (Lipinski definition) is 3. The number of hydrogen-bond donors (Lipinski definition) is 2. The van der Waals surface area contributed by atoms with E-state index in [1.54, 1.807) is 6.21 Å². The van der Waals surface area contributed by atoms with Crippen molar-refractivity contribution >= 4 is 12.2 Å². The number of ether oxygens (including phenoxy) is 1. The number of rotatable bonds is 6. The lowest BCUT2D eigenvalue weighted by molar-refractivity contribution is 0.0508. The first-order valence-electron chi connectivity index (χ1n) is 5.95. The van der Waals surface area contributed by atoms with E-state index in [1.807, 2.05) is 24.3 Å². The van der Waals surface area contributed by atoms with Gasteiger partial charge in [-0.05, 0) is 18.9 Å². The molecule has 0 saturated heterocycles. The highest BCUT2D eigenvalue weighted by atomic mass is 16.5. The molecular weight excluding hydrogens is 228 g/mol. The molecule has 0 amide bonds. The second-order valence-electron chi connectivity index (χ2n) is 4.00. The standard InChI is InChI=1S/C13H20N4O/c1-3-10(2)18-9-12-7-5-4-6-11(12)8-16-17-13(14)15/h4-8,10H,3,9H2,1-2H3,(H4,14,15,17). The van der Waals surface area contributed by atoms with Gasteiger partial charge in [-0.1, -0.05) is 31.2 Å². The third-order valence-electron chi connectivity index (χ3n) is 2.52. The summed E-state index contributed by atoms with van der Waals surface area (Å²) in [6.45, 7) is 4.70. The van der Waals surface area contributed by atoms with Crippen molar-refractivity contribution in [3.63, 3.8) is 0 Å². The Balaban J connectivity index is 2.73. The van der Waals surface area contributed by atoms with Crippen molar-refractivity contribution < 1.29 is 4.74 Å². The molecule has 18 heavy (non-hydrogen) atoms. The van der Waals surface area contributed by atoms with Gasteiger partial charge in [0, 0.05) is 5.56 Å². The lowest BCUT2D eigenvalue weighted by atomic mass is 10.1. The van der Waals surface area contributed by atoms with Gasteiger partial charge in [0.1, 0.15) is 0 Å². The molecule has 1 rings (SSSR count). The Bertz CT molecular complexity index is 425. The van der Waals surface area contributed by atoms with E-state index in [1.165, 1.54) is 0 Å². The van der Waals surface area contributed by atoms with Gasteiger partial charge in [-0.25, -0.2) is 0 Å². The van der Waals surface area contributed by atoms with E-state index in [-0.39, 0.29) is 12.1 Å². The van der Waals surface area contributed by atoms with E-state index in [0.29, 0.717) is 6.61 Å². The van der Waals surface area contributed by atoms with Crippen molar-refractivity contribution in [2.45, 2.75) is 33.0 Å². The first kappa shape index (κ1) is 14.2. The van der Waals surface area contributed by atoms with Crippen LogP contribution in [0.25, 0.3) is 0 Å². The average molecular weight is 248 g/mol. The molecule has 1 aromatic carbocycles. The van der Waals surface area contributed by atoms with Crippen LogP contribution in [0.5, 0.6) is 0 Å². The molecule has 0 aliphatic heterocycles. The SMILES string of the molecule is CCC(C)OCc1ccccc1C=NN=C(N)N. The summed E-state index contributed by atoms with van der Waals surface area (Å²) in [5, 5.41) is 7.38. The summed E-state index contributed by atoms with van der Waals surface area (Å²) in [4.78, 5) is 0. The van der Waals surface area contributed by atoms with Gasteiger partial charge in [0.2, 0.25) is 5.96 Å². The predicted molar refractivity (Wildman–Crippen MR) is 74.4 cm³/mol. The molecule has 0 fully saturated rings. The van der Waals surface area contributed by atoms with Gasteiger partial charge >= 0.3 is 0 Å². The van der Waals surface area contributed by atoms with Crippen LogP contribution >= 0.6 is 0 Å². The molecule has 98 valence electrons. The van der Waals surface area contributed by atoms with E-state index < -0.39 is 0 Å². The lowest BCUT2D eigenvalue weighted by Gasteiger charge is -2.11. The Morgan fingerprint density at radius 2 is 2.11 bits per heavy atom. The zero-order chi connectivity index (χ0) is 13.4. The summed E-state index contributed by atoms with van der Waals surface area (Å²) in [5.74, 6) is -0.0559. The molecule has 0 radical (unpaired) electrons. The van der Waals surface area contributed by atoms with Crippen LogP contribution in [-0.4, -0.2) is 18.3 Å². The largest absolute Gasteiger partial charge is 0.374 e. The molecule has 5 heteroatoms. The van der Waals surface area contributed by atoms with Crippen molar-refractivity contribution in [1.29, 1.82) is 0 Å². The fourth-order valence-electron chi connectivity index (χ4n) is 1.30. The molecular formula is C13H20N4O. The maximum atomic E-state index is 5.70. The van der Waals surface area contributed by atoms with E-state index in [0.717, 1.165) is 17.5 Å². The zero-order valence-corrected chi connectivity index (χ0v) is 10.8. The Hall–Kier alpha value is -1.88. The average Bonchev–Trinajstić information content (AvgIpc) is 2.36. The Kier molecular flexibility index (Phi) is 5.87. The van der Waals surface area contributed by atoms with Crippen LogP contribution < -0.4 is 11.5 Å². The zero-order valence-electron chi connectivity index (χ0n) is 10.8. The summed E-state index contributed by atoms with van der Waals surface area (Å²) in [5.41, 5.74) is 12.4. The predicted octanol–water partition coefficient (Wildman–Crippen LogP) is 1.61. The lowest BCUT2D eigenvalue weighted by Crippen LogP contribution is -2.21. The quantitative estimate of drug-likeness (QED) is 0.455. The topological polar surface area (TPSA) is 86.0 Å². The van der Waals surface area contributed by atoms with Crippen molar-refractivity contribution in [2.24, 2.45) is 21.7 Å². The van der Waals surface area contributed by atoms with Crippen LogP contribution in [0.4, 0.5) is 0 Å². The smallest absolute Gasteiger partial charge is 0.211 e. The molecule has 0 aliphatic rings. The molecule has 4 N–H and O–H groups in total. The number of guanidine groups is 1. The summed E-state index contributed by atoms with van der Waals surface area (Å²) >= 11 is 0. The molecule has 1 unspecified atom stereocenters. The van der Waals surface area contributed by atoms with E-state index in [9.17, 15) is 0 Å². The molecule has 0 aliphatic carbocycles. The Morgan fingerprint density at radius 1 is 1.39 bits per heavy atom. The number of nitrogens with zero attached hydrogens (tertiary/aromatic N) is 2. The number of benzene rings is 1. The van der Waals surface area contributed by atoms with Crippen LogP contribution in [0.15, 0.2) is 34.5 Å². The molecule has 0 heterocycles. The minimum atomic E-state index is -0.0559. The fraction of sp³-hybridized carbons (Fsp3) is 0.385. The van der Waals surface area contributed by atoms with Crippen molar-refractivity contribution in [3.8, 4) is 0 Å². The van der Waals surface area contributed by atoms with Crippen molar-refractivity contribution in [3.05, 3.63) is 35.4 Å². The number of nitrogens with two attached hydrogens (primary N) is 2. The third kappa shape index (κ3) is 4.97. The Labute approximate surface area is 108 Å². The van der Waals surface area contributed by atoms with Gasteiger partial charge in [-0.2, -0.15) is 5.10 Å². The minimum absolute atomic E-state index is 0.0559. The van der Waals surface area contributed by atoms with Crippen molar-refractivity contribution in [2.75, 3.05) is 0 Å². The maximum Gasteiger partial charge on any atom is 0.211 e. The summed E-state index contributed by atoms with van der Waals surface area (Å²) in [6.07, 6.45) is 2.85. The first-order valence-corrected chi connectivity index (χ1v) is 5.95. The van der Waals surface area contributed by atoms with Crippen LogP contribution in [0, 0.1) is 0 Å². The molecule has 0 bridgehead atoms. The second-order valence-corrected chi connectivity index (χ2v) is 4.00. The van der Waals surface area contributed by atoms with E-state index >= 15 is 0 Å². The molecule has 1 aromatic rings. The van der Waals surface area contributed by atoms with Gasteiger partial charge in [0.15, 0.2) is 0 Å². The van der Waals surface area contributed by atoms with Crippen molar-refractivity contribution in [1.82, 2.24) is 0 Å². The maximum absolute atomic E-state index is 5.70. The molecule has 5 nitrogen and oxygen atoms in total. The normalized spacial score (nSPS) is 12.6. The highest BCUT2D eigenvalue weighted by Crippen LogP contribution is 2.10. The fourth-order valence-corrected chi connectivity index (χ4v) is 1.30.